The first-order valence-electron chi connectivity index (χ1n) is 4.54. The van der Waals surface area contributed by atoms with Gasteiger partial charge in [0.2, 0.25) is 0 Å². The van der Waals surface area contributed by atoms with Crippen molar-refractivity contribution in [2.45, 2.75) is 18.9 Å². The van der Waals surface area contributed by atoms with Crippen molar-refractivity contribution in [3.05, 3.63) is 28.2 Å². The first kappa shape index (κ1) is 9.03. The van der Waals surface area contributed by atoms with Gasteiger partial charge in [-0.1, -0.05) is 22.0 Å². The fourth-order valence-electron chi connectivity index (χ4n) is 1.77. The molecular weight excluding hydrogens is 228 g/mol. The van der Waals surface area contributed by atoms with Crippen molar-refractivity contribution in [1.82, 2.24) is 0 Å². The Kier molecular flexibility index (Phi) is 2.56. The normalized spacial score (nSPS) is 19.7. The van der Waals surface area contributed by atoms with Gasteiger partial charge in [0.1, 0.15) is 0 Å². The van der Waals surface area contributed by atoms with Crippen LogP contribution in [0.25, 0.3) is 0 Å². The van der Waals surface area contributed by atoms with E-state index >= 15 is 0 Å². The van der Waals surface area contributed by atoms with Gasteiger partial charge in [0.15, 0.2) is 0 Å². The molecule has 1 aromatic carbocycles. The molecule has 1 atom stereocenters. The van der Waals surface area contributed by atoms with Crippen molar-refractivity contribution < 1.29 is 0 Å². The molecular formula is C10H13BrN2. The lowest BCUT2D eigenvalue weighted by Crippen LogP contribution is -2.19. The number of rotatable bonds is 2. The van der Waals surface area contributed by atoms with Crippen LogP contribution in [0.15, 0.2) is 22.7 Å². The van der Waals surface area contributed by atoms with Crippen LogP contribution in [-0.2, 0) is 6.42 Å². The summed E-state index contributed by atoms with van der Waals surface area (Å²) >= 11 is 3.46. The lowest BCUT2D eigenvalue weighted by molar-refractivity contribution is 0.684. The Morgan fingerprint density at radius 3 is 3.15 bits per heavy atom. The SMILES string of the molecule is NCCC1Cc2ccc(Br)cc2N1. The Labute approximate surface area is 86.6 Å². The van der Waals surface area contributed by atoms with Crippen LogP contribution in [0.5, 0.6) is 0 Å². The van der Waals surface area contributed by atoms with Crippen molar-refractivity contribution in [2.24, 2.45) is 5.73 Å². The summed E-state index contributed by atoms with van der Waals surface area (Å²) < 4.78 is 1.13. The first-order chi connectivity index (χ1) is 6.29. The van der Waals surface area contributed by atoms with E-state index in [1.807, 2.05) is 0 Å². The Morgan fingerprint density at radius 2 is 2.38 bits per heavy atom. The topological polar surface area (TPSA) is 38.0 Å². The minimum atomic E-state index is 0.536. The maximum atomic E-state index is 5.52. The lowest BCUT2D eigenvalue weighted by atomic mass is 10.1. The summed E-state index contributed by atoms with van der Waals surface area (Å²) in [5, 5.41) is 3.47. The zero-order valence-corrected chi connectivity index (χ0v) is 8.97. The Bertz CT molecular complexity index is 312. The highest BCUT2D eigenvalue weighted by Crippen LogP contribution is 2.29. The molecule has 13 heavy (non-hydrogen) atoms. The van der Waals surface area contributed by atoms with Crippen LogP contribution in [0.3, 0.4) is 0 Å². The fraction of sp³-hybridized carbons (Fsp3) is 0.400. The summed E-state index contributed by atoms with van der Waals surface area (Å²) in [5.41, 5.74) is 8.19. The maximum absolute atomic E-state index is 5.52. The van der Waals surface area contributed by atoms with Crippen LogP contribution in [-0.4, -0.2) is 12.6 Å². The number of fused-ring (bicyclic) bond motifs is 1. The van der Waals surface area contributed by atoms with Crippen LogP contribution in [0.2, 0.25) is 0 Å². The lowest BCUT2D eigenvalue weighted by Gasteiger charge is -2.08. The van der Waals surface area contributed by atoms with Gasteiger partial charge in [-0.3, -0.25) is 0 Å². The highest BCUT2D eigenvalue weighted by Gasteiger charge is 2.19. The summed E-state index contributed by atoms with van der Waals surface area (Å²) in [5.74, 6) is 0. The van der Waals surface area contributed by atoms with E-state index in [9.17, 15) is 0 Å². The van der Waals surface area contributed by atoms with Crippen molar-refractivity contribution in [3.8, 4) is 0 Å². The van der Waals surface area contributed by atoms with E-state index in [-0.39, 0.29) is 0 Å². The molecule has 70 valence electrons. The van der Waals surface area contributed by atoms with E-state index in [1.54, 1.807) is 0 Å². The Hall–Kier alpha value is -0.540. The quantitative estimate of drug-likeness (QED) is 0.832. The maximum Gasteiger partial charge on any atom is 0.0387 e. The second-order valence-corrected chi connectivity index (χ2v) is 4.34. The molecule has 1 heterocycles. The fourth-order valence-corrected chi connectivity index (χ4v) is 2.13. The van der Waals surface area contributed by atoms with Crippen molar-refractivity contribution in [1.29, 1.82) is 0 Å². The van der Waals surface area contributed by atoms with Crippen molar-refractivity contribution >= 4 is 21.6 Å². The predicted molar refractivity (Wildman–Crippen MR) is 58.9 cm³/mol. The number of halogens is 1. The average molecular weight is 241 g/mol. The summed E-state index contributed by atoms with van der Waals surface area (Å²) in [6.07, 6.45) is 2.16. The number of hydrogen-bond donors (Lipinski definition) is 2. The van der Waals surface area contributed by atoms with Gasteiger partial charge in [0.25, 0.3) is 0 Å². The number of benzene rings is 1. The van der Waals surface area contributed by atoms with Crippen molar-refractivity contribution in [2.75, 3.05) is 11.9 Å². The highest BCUT2D eigenvalue weighted by molar-refractivity contribution is 9.10. The molecule has 3 heteroatoms. The first-order valence-corrected chi connectivity index (χ1v) is 5.34. The molecule has 0 aromatic heterocycles. The minimum absolute atomic E-state index is 0.536. The van der Waals surface area contributed by atoms with Gasteiger partial charge in [-0.2, -0.15) is 0 Å². The number of nitrogens with one attached hydrogen (secondary N) is 1. The molecule has 0 bridgehead atoms. The second kappa shape index (κ2) is 3.68. The van der Waals surface area contributed by atoms with E-state index in [2.05, 4.69) is 39.4 Å². The number of hydrogen-bond acceptors (Lipinski definition) is 2. The van der Waals surface area contributed by atoms with E-state index in [0.29, 0.717) is 6.04 Å². The molecule has 0 aliphatic carbocycles. The Morgan fingerprint density at radius 1 is 1.54 bits per heavy atom. The molecule has 1 aromatic rings. The van der Waals surface area contributed by atoms with Gasteiger partial charge in [-0.05, 0) is 37.1 Å². The van der Waals surface area contributed by atoms with Gasteiger partial charge in [0, 0.05) is 16.2 Å². The van der Waals surface area contributed by atoms with Gasteiger partial charge in [-0.25, -0.2) is 0 Å². The van der Waals surface area contributed by atoms with Gasteiger partial charge < -0.3 is 11.1 Å². The third-order valence-corrected chi connectivity index (χ3v) is 2.91. The van der Waals surface area contributed by atoms with E-state index in [0.717, 1.165) is 23.9 Å². The third-order valence-electron chi connectivity index (χ3n) is 2.41. The van der Waals surface area contributed by atoms with Crippen LogP contribution in [0.1, 0.15) is 12.0 Å². The van der Waals surface area contributed by atoms with Crippen LogP contribution in [0.4, 0.5) is 5.69 Å². The predicted octanol–water partition coefficient (Wildman–Crippen LogP) is 2.13. The molecule has 1 aliphatic heterocycles. The molecule has 2 nitrogen and oxygen atoms in total. The average Bonchev–Trinajstić information content (AvgIpc) is 2.46. The van der Waals surface area contributed by atoms with E-state index < -0.39 is 0 Å². The van der Waals surface area contributed by atoms with Crippen LogP contribution in [0, 0.1) is 0 Å². The third kappa shape index (κ3) is 1.86. The molecule has 2 rings (SSSR count). The van der Waals surface area contributed by atoms with Crippen LogP contribution < -0.4 is 11.1 Å². The smallest absolute Gasteiger partial charge is 0.0387 e. The molecule has 0 saturated carbocycles. The summed E-state index contributed by atoms with van der Waals surface area (Å²) in [7, 11) is 0. The molecule has 1 aliphatic rings. The van der Waals surface area contributed by atoms with Gasteiger partial charge >= 0.3 is 0 Å². The molecule has 1 unspecified atom stereocenters. The monoisotopic (exact) mass is 240 g/mol. The zero-order valence-electron chi connectivity index (χ0n) is 7.39. The standard InChI is InChI=1S/C10H13BrN2/c11-8-2-1-7-5-9(3-4-12)13-10(7)6-8/h1-2,6,9,13H,3-5,12H2. The van der Waals surface area contributed by atoms with E-state index in [4.69, 9.17) is 5.73 Å². The molecule has 0 radical (unpaired) electrons. The van der Waals surface area contributed by atoms with Crippen molar-refractivity contribution in [3.63, 3.8) is 0 Å². The molecule has 0 saturated heterocycles. The number of nitrogens with two attached hydrogens (primary N) is 1. The van der Waals surface area contributed by atoms with Gasteiger partial charge in [0.05, 0.1) is 0 Å². The minimum Gasteiger partial charge on any atom is -0.382 e. The Balaban J connectivity index is 2.16. The highest BCUT2D eigenvalue weighted by atomic mass is 79.9. The summed E-state index contributed by atoms with van der Waals surface area (Å²) in [6, 6.07) is 6.93. The second-order valence-electron chi connectivity index (χ2n) is 3.42. The molecule has 3 N–H and O–H groups in total. The van der Waals surface area contributed by atoms with E-state index in [1.165, 1.54) is 11.3 Å². The van der Waals surface area contributed by atoms with Gasteiger partial charge in [-0.15, -0.1) is 0 Å². The summed E-state index contributed by atoms with van der Waals surface area (Å²) in [4.78, 5) is 0. The largest absolute Gasteiger partial charge is 0.382 e. The zero-order chi connectivity index (χ0) is 9.26. The van der Waals surface area contributed by atoms with Crippen LogP contribution >= 0.6 is 15.9 Å². The summed E-state index contributed by atoms with van der Waals surface area (Å²) in [6.45, 7) is 0.757. The number of anilines is 1. The molecule has 0 fully saturated rings. The molecule has 0 amide bonds. The molecule has 0 spiro atoms.